The average Bonchev–Trinajstić information content (AvgIpc) is 2.71. The fourth-order valence-electron chi connectivity index (χ4n) is 2.65. The van der Waals surface area contributed by atoms with Crippen LogP contribution < -0.4 is 5.32 Å². The van der Waals surface area contributed by atoms with Crippen molar-refractivity contribution >= 4 is 38.9 Å². The molecule has 1 amide bonds. The fourth-order valence-corrected chi connectivity index (χ4v) is 4.81. The maximum atomic E-state index is 12.2. The summed E-state index contributed by atoms with van der Waals surface area (Å²) in [7, 11) is -2.96. The number of halogens is 2. The van der Waals surface area contributed by atoms with Gasteiger partial charge in [-0.05, 0) is 43.9 Å². The first-order chi connectivity index (χ1) is 10.1. The molecular formula is C15H19Cl2NO3S. The van der Waals surface area contributed by atoms with E-state index in [0.717, 1.165) is 5.56 Å². The van der Waals surface area contributed by atoms with Crippen LogP contribution in [0.25, 0.3) is 0 Å². The Morgan fingerprint density at radius 2 is 2.00 bits per heavy atom. The smallest absolute Gasteiger partial charge is 0.220 e. The molecule has 1 aromatic rings. The van der Waals surface area contributed by atoms with Crippen LogP contribution in [0, 0.1) is 5.92 Å². The molecule has 1 saturated heterocycles. The molecule has 0 spiro atoms. The fraction of sp³-hybridized carbons (Fsp3) is 0.533. The van der Waals surface area contributed by atoms with E-state index < -0.39 is 15.4 Å². The molecule has 1 aliphatic heterocycles. The molecule has 1 fully saturated rings. The minimum absolute atomic E-state index is 0.0883. The third-order valence-corrected chi connectivity index (χ3v) is 6.47. The lowest BCUT2D eigenvalue weighted by Crippen LogP contribution is -2.41. The van der Waals surface area contributed by atoms with Gasteiger partial charge in [-0.25, -0.2) is 8.42 Å². The molecule has 0 aliphatic carbocycles. The second-order valence-corrected chi connectivity index (χ2v) is 9.32. The molecule has 1 unspecified atom stereocenters. The quantitative estimate of drug-likeness (QED) is 0.893. The molecule has 0 aromatic heterocycles. The molecule has 0 saturated carbocycles. The van der Waals surface area contributed by atoms with Gasteiger partial charge in [-0.1, -0.05) is 29.3 Å². The molecule has 122 valence electrons. The third-order valence-electron chi connectivity index (χ3n) is 3.89. The zero-order valence-electron chi connectivity index (χ0n) is 12.5. The average molecular weight is 364 g/mol. The van der Waals surface area contributed by atoms with Crippen LogP contribution >= 0.6 is 23.2 Å². The molecule has 1 N–H and O–H groups in total. The van der Waals surface area contributed by atoms with Crippen LogP contribution in [0.3, 0.4) is 0 Å². The molecule has 1 aliphatic rings. The van der Waals surface area contributed by atoms with E-state index in [9.17, 15) is 13.2 Å². The zero-order valence-corrected chi connectivity index (χ0v) is 14.9. The Balaban J connectivity index is 2.01. The summed E-state index contributed by atoms with van der Waals surface area (Å²) in [4.78, 5) is 12.2. The molecule has 0 bridgehead atoms. The van der Waals surface area contributed by atoms with Gasteiger partial charge in [-0.3, -0.25) is 4.79 Å². The van der Waals surface area contributed by atoms with Crippen molar-refractivity contribution in [3.63, 3.8) is 0 Å². The van der Waals surface area contributed by atoms with Gasteiger partial charge in [0.2, 0.25) is 5.91 Å². The summed E-state index contributed by atoms with van der Waals surface area (Å²) >= 11 is 11.9. The number of amides is 1. The van der Waals surface area contributed by atoms with E-state index in [1.54, 1.807) is 12.1 Å². The number of hydrogen-bond acceptors (Lipinski definition) is 3. The van der Waals surface area contributed by atoms with Gasteiger partial charge < -0.3 is 5.32 Å². The molecule has 1 atom stereocenters. The number of nitrogens with one attached hydrogen (secondary N) is 1. The van der Waals surface area contributed by atoms with Crippen molar-refractivity contribution in [2.24, 2.45) is 5.92 Å². The van der Waals surface area contributed by atoms with Gasteiger partial charge in [0.15, 0.2) is 9.84 Å². The van der Waals surface area contributed by atoms with Gasteiger partial charge in [-0.2, -0.15) is 0 Å². The van der Waals surface area contributed by atoms with E-state index in [2.05, 4.69) is 5.32 Å². The van der Waals surface area contributed by atoms with Crippen LogP contribution in [-0.4, -0.2) is 25.8 Å². The Labute approximate surface area is 141 Å². The number of sulfone groups is 1. The summed E-state index contributed by atoms with van der Waals surface area (Å²) in [5, 5.41) is 3.83. The predicted octanol–water partition coefficient (Wildman–Crippen LogP) is 3.17. The second kappa shape index (κ2) is 6.38. The standard InChI is InChI=1S/C15H19Cl2NO3S/c1-15(2,11-3-4-12(16)13(17)8-11)18-14(19)7-10-5-6-22(20,21)9-10/h3-4,8,10H,5-7,9H2,1-2H3,(H,18,19). The van der Waals surface area contributed by atoms with Gasteiger partial charge in [-0.15, -0.1) is 0 Å². The molecule has 2 rings (SSSR count). The minimum Gasteiger partial charge on any atom is -0.347 e. The molecular weight excluding hydrogens is 345 g/mol. The number of benzene rings is 1. The summed E-state index contributed by atoms with van der Waals surface area (Å²) in [6, 6.07) is 5.23. The molecule has 7 heteroatoms. The van der Waals surface area contributed by atoms with Crippen molar-refractivity contribution < 1.29 is 13.2 Å². The lowest BCUT2D eigenvalue weighted by molar-refractivity contribution is -0.123. The summed E-state index contributed by atoms with van der Waals surface area (Å²) in [6.07, 6.45) is 0.785. The predicted molar refractivity (Wildman–Crippen MR) is 89.0 cm³/mol. The number of hydrogen-bond donors (Lipinski definition) is 1. The van der Waals surface area contributed by atoms with E-state index >= 15 is 0 Å². The molecule has 22 heavy (non-hydrogen) atoms. The first kappa shape index (κ1) is 17.6. The van der Waals surface area contributed by atoms with Crippen molar-refractivity contribution in [2.75, 3.05) is 11.5 Å². The third kappa shape index (κ3) is 4.37. The Morgan fingerprint density at radius 3 is 2.55 bits per heavy atom. The van der Waals surface area contributed by atoms with Crippen LogP contribution in [-0.2, 0) is 20.2 Å². The van der Waals surface area contributed by atoms with Crippen molar-refractivity contribution in [2.45, 2.75) is 32.2 Å². The largest absolute Gasteiger partial charge is 0.347 e. The highest BCUT2D eigenvalue weighted by Crippen LogP contribution is 2.29. The van der Waals surface area contributed by atoms with Crippen LogP contribution in [0.5, 0.6) is 0 Å². The van der Waals surface area contributed by atoms with E-state index in [0.29, 0.717) is 16.5 Å². The monoisotopic (exact) mass is 363 g/mol. The van der Waals surface area contributed by atoms with Crippen LogP contribution in [0.4, 0.5) is 0 Å². The SMILES string of the molecule is CC(C)(NC(=O)CC1CCS(=O)(=O)C1)c1ccc(Cl)c(Cl)c1. The number of carbonyl (C=O) groups is 1. The first-order valence-electron chi connectivity index (χ1n) is 7.06. The normalized spacial score (nSPS) is 20.8. The van der Waals surface area contributed by atoms with Gasteiger partial charge in [0, 0.05) is 6.42 Å². The highest BCUT2D eigenvalue weighted by molar-refractivity contribution is 7.91. The van der Waals surface area contributed by atoms with Crippen molar-refractivity contribution in [3.8, 4) is 0 Å². The van der Waals surface area contributed by atoms with Gasteiger partial charge in [0.05, 0.1) is 27.1 Å². The van der Waals surface area contributed by atoms with Gasteiger partial charge in [0.1, 0.15) is 0 Å². The van der Waals surface area contributed by atoms with E-state index in [1.807, 2.05) is 19.9 Å². The van der Waals surface area contributed by atoms with E-state index in [4.69, 9.17) is 23.2 Å². The highest BCUT2D eigenvalue weighted by Gasteiger charge is 2.31. The molecule has 4 nitrogen and oxygen atoms in total. The van der Waals surface area contributed by atoms with Crippen LogP contribution in [0.1, 0.15) is 32.3 Å². The summed E-state index contributed by atoms with van der Waals surface area (Å²) in [5.74, 6) is 0.0437. The lowest BCUT2D eigenvalue weighted by Gasteiger charge is -2.28. The first-order valence-corrected chi connectivity index (χ1v) is 9.64. The van der Waals surface area contributed by atoms with E-state index in [-0.39, 0.29) is 29.8 Å². The van der Waals surface area contributed by atoms with Gasteiger partial charge in [0.25, 0.3) is 0 Å². The second-order valence-electron chi connectivity index (χ2n) is 6.28. The minimum atomic E-state index is -2.96. The Kier molecular flexibility index (Phi) is 5.09. The summed E-state index contributed by atoms with van der Waals surface area (Å²) < 4.78 is 22.9. The molecule has 1 aromatic carbocycles. The highest BCUT2D eigenvalue weighted by atomic mass is 35.5. The summed E-state index contributed by atoms with van der Waals surface area (Å²) in [6.45, 7) is 3.74. The Hall–Kier alpha value is -0.780. The van der Waals surface area contributed by atoms with Gasteiger partial charge >= 0.3 is 0 Å². The Bertz CT molecular complexity index is 686. The van der Waals surface area contributed by atoms with Crippen molar-refractivity contribution in [1.29, 1.82) is 0 Å². The zero-order chi connectivity index (χ0) is 16.5. The maximum absolute atomic E-state index is 12.2. The van der Waals surface area contributed by atoms with E-state index in [1.165, 1.54) is 0 Å². The van der Waals surface area contributed by atoms with Crippen molar-refractivity contribution in [1.82, 2.24) is 5.32 Å². The number of rotatable bonds is 4. The maximum Gasteiger partial charge on any atom is 0.220 e. The van der Waals surface area contributed by atoms with Crippen LogP contribution in [0.15, 0.2) is 18.2 Å². The molecule has 0 radical (unpaired) electrons. The van der Waals surface area contributed by atoms with Crippen LogP contribution in [0.2, 0.25) is 10.0 Å². The van der Waals surface area contributed by atoms with Crippen molar-refractivity contribution in [3.05, 3.63) is 33.8 Å². The summed E-state index contributed by atoms with van der Waals surface area (Å²) in [5.41, 5.74) is 0.234. The Morgan fingerprint density at radius 1 is 1.32 bits per heavy atom. The lowest BCUT2D eigenvalue weighted by atomic mass is 9.93. The molecule has 1 heterocycles. The topological polar surface area (TPSA) is 63.2 Å². The number of carbonyl (C=O) groups excluding carboxylic acids is 1.